The van der Waals surface area contributed by atoms with E-state index >= 15 is 0 Å². The van der Waals surface area contributed by atoms with E-state index in [9.17, 15) is 9.59 Å². The lowest BCUT2D eigenvalue weighted by molar-refractivity contribution is -0.130. The highest BCUT2D eigenvalue weighted by Crippen LogP contribution is 2.27. The SMILES string of the molecule is CCC[C@@H](C)c1nnc(NC(=O)[C@@H]2CC(=O)N([C@@H](C)COC)C2)s1. The van der Waals surface area contributed by atoms with Gasteiger partial charge in [0, 0.05) is 26.0 Å². The van der Waals surface area contributed by atoms with Crippen molar-refractivity contribution in [3.8, 4) is 0 Å². The van der Waals surface area contributed by atoms with E-state index in [2.05, 4.69) is 29.4 Å². The number of hydrogen-bond donors (Lipinski definition) is 1. The number of aromatic nitrogens is 2. The van der Waals surface area contributed by atoms with Crippen LogP contribution in [0.15, 0.2) is 0 Å². The summed E-state index contributed by atoms with van der Waals surface area (Å²) in [5, 5.41) is 12.5. The maximum atomic E-state index is 12.4. The van der Waals surface area contributed by atoms with Crippen molar-refractivity contribution in [1.82, 2.24) is 15.1 Å². The van der Waals surface area contributed by atoms with E-state index in [1.54, 1.807) is 12.0 Å². The Morgan fingerprint density at radius 2 is 2.21 bits per heavy atom. The van der Waals surface area contributed by atoms with Crippen molar-refractivity contribution >= 4 is 28.3 Å². The number of ether oxygens (including phenoxy) is 1. The molecule has 0 saturated carbocycles. The third kappa shape index (κ3) is 4.51. The van der Waals surface area contributed by atoms with Gasteiger partial charge in [0.25, 0.3) is 0 Å². The molecule has 0 spiro atoms. The van der Waals surface area contributed by atoms with Gasteiger partial charge in [-0.05, 0) is 13.3 Å². The quantitative estimate of drug-likeness (QED) is 0.774. The van der Waals surface area contributed by atoms with Crippen molar-refractivity contribution in [2.75, 3.05) is 25.6 Å². The van der Waals surface area contributed by atoms with Crippen molar-refractivity contribution in [3.63, 3.8) is 0 Å². The summed E-state index contributed by atoms with van der Waals surface area (Å²) in [6.45, 7) is 7.06. The molecule has 1 aliphatic rings. The molecule has 1 saturated heterocycles. The van der Waals surface area contributed by atoms with Gasteiger partial charge < -0.3 is 15.0 Å². The van der Waals surface area contributed by atoms with Crippen LogP contribution in [0.2, 0.25) is 0 Å². The zero-order valence-corrected chi connectivity index (χ0v) is 15.6. The summed E-state index contributed by atoms with van der Waals surface area (Å²) in [6, 6.07) is -0.0247. The number of carbonyl (C=O) groups is 2. The topological polar surface area (TPSA) is 84.4 Å². The van der Waals surface area contributed by atoms with Crippen molar-refractivity contribution in [1.29, 1.82) is 0 Å². The van der Waals surface area contributed by atoms with E-state index in [1.807, 2.05) is 6.92 Å². The third-order valence-corrected chi connectivity index (χ3v) is 5.35. The standard InChI is InChI=1S/C16H26N4O3S/c1-5-6-10(2)15-18-19-16(24-15)17-14(22)12-7-13(21)20(8-12)11(3)9-23-4/h10-12H,5-9H2,1-4H3,(H,17,19,22)/t10-,11+,12-/m1/s1. The first kappa shape index (κ1) is 18.8. The molecule has 3 atom stereocenters. The third-order valence-electron chi connectivity index (χ3n) is 4.28. The number of methoxy groups -OCH3 is 1. The molecule has 0 radical (unpaired) electrons. The Bertz CT molecular complexity index is 577. The minimum absolute atomic E-state index is 0.00535. The Balaban J connectivity index is 1.92. The van der Waals surface area contributed by atoms with E-state index in [1.165, 1.54) is 11.3 Å². The fourth-order valence-corrected chi connectivity index (χ4v) is 3.74. The highest BCUT2D eigenvalue weighted by Gasteiger charge is 2.36. The summed E-state index contributed by atoms with van der Waals surface area (Å²) in [4.78, 5) is 26.2. The first-order valence-electron chi connectivity index (χ1n) is 8.38. The van der Waals surface area contributed by atoms with E-state index in [-0.39, 0.29) is 30.2 Å². The van der Waals surface area contributed by atoms with Gasteiger partial charge in [-0.3, -0.25) is 9.59 Å². The molecular weight excluding hydrogens is 328 g/mol. The second-order valence-corrected chi connectivity index (χ2v) is 7.39. The van der Waals surface area contributed by atoms with Crippen molar-refractivity contribution in [2.45, 2.75) is 52.0 Å². The Hall–Kier alpha value is -1.54. The summed E-state index contributed by atoms with van der Waals surface area (Å²) in [5.74, 6) is -0.177. The number of carbonyl (C=O) groups excluding carboxylic acids is 2. The van der Waals surface area contributed by atoms with E-state index in [0.29, 0.717) is 24.2 Å². The molecule has 24 heavy (non-hydrogen) atoms. The van der Waals surface area contributed by atoms with Crippen molar-refractivity contribution in [2.24, 2.45) is 5.92 Å². The highest BCUT2D eigenvalue weighted by molar-refractivity contribution is 7.15. The maximum Gasteiger partial charge on any atom is 0.231 e. The van der Waals surface area contributed by atoms with E-state index < -0.39 is 0 Å². The molecular formula is C16H26N4O3S. The van der Waals surface area contributed by atoms with Crippen molar-refractivity contribution < 1.29 is 14.3 Å². The second kappa shape index (κ2) is 8.53. The molecule has 1 fully saturated rings. The average Bonchev–Trinajstić information content (AvgIpc) is 3.14. The molecule has 2 amide bonds. The molecule has 0 unspecified atom stereocenters. The lowest BCUT2D eigenvalue weighted by atomic mass is 10.1. The summed E-state index contributed by atoms with van der Waals surface area (Å²) < 4.78 is 5.09. The molecule has 7 nitrogen and oxygen atoms in total. The molecule has 134 valence electrons. The van der Waals surface area contributed by atoms with Gasteiger partial charge in [0.15, 0.2) is 0 Å². The van der Waals surface area contributed by atoms with Crippen LogP contribution in [-0.2, 0) is 14.3 Å². The Labute approximate surface area is 146 Å². The van der Waals surface area contributed by atoms with E-state index in [0.717, 1.165) is 17.8 Å². The van der Waals surface area contributed by atoms with Gasteiger partial charge in [0.05, 0.1) is 18.6 Å². The Kier molecular flexibility index (Phi) is 6.68. The summed E-state index contributed by atoms with van der Waals surface area (Å²) in [5.41, 5.74) is 0. The van der Waals surface area contributed by atoms with Crippen LogP contribution in [0.5, 0.6) is 0 Å². The largest absolute Gasteiger partial charge is 0.383 e. The van der Waals surface area contributed by atoms with Crippen LogP contribution in [0.3, 0.4) is 0 Å². The fraction of sp³-hybridized carbons (Fsp3) is 0.750. The van der Waals surface area contributed by atoms with Crippen LogP contribution in [0.1, 0.15) is 51.0 Å². The van der Waals surface area contributed by atoms with E-state index in [4.69, 9.17) is 4.74 Å². The number of rotatable bonds is 8. The number of anilines is 1. The van der Waals surface area contributed by atoms with Gasteiger partial charge in [-0.1, -0.05) is 31.6 Å². The monoisotopic (exact) mass is 354 g/mol. The van der Waals surface area contributed by atoms with Gasteiger partial charge in [0.2, 0.25) is 16.9 Å². The summed E-state index contributed by atoms with van der Waals surface area (Å²) >= 11 is 1.41. The second-order valence-electron chi connectivity index (χ2n) is 6.38. The molecule has 2 heterocycles. The summed E-state index contributed by atoms with van der Waals surface area (Å²) in [6.07, 6.45) is 2.37. The lowest BCUT2D eigenvalue weighted by Gasteiger charge is -2.23. The predicted molar refractivity (Wildman–Crippen MR) is 93.0 cm³/mol. The number of amides is 2. The molecule has 1 aromatic heterocycles. The van der Waals surface area contributed by atoms with Gasteiger partial charge in [-0.15, -0.1) is 10.2 Å². The normalized spacial score (nSPS) is 20.2. The first-order chi connectivity index (χ1) is 11.5. The van der Waals surface area contributed by atoms with Crippen molar-refractivity contribution in [3.05, 3.63) is 5.01 Å². The Morgan fingerprint density at radius 3 is 2.88 bits per heavy atom. The fourth-order valence-electron chi connectivity index (χ4n) is 2.91. The molecule has 1 aliphatic heterocycles. The molecule has 0 bridgehead atoms. The highest BCUT2D eigenvalue weighted by atomic mass is 32.1. The minimum Gasteiger partial charge on any atom is -0.383 e. The van der Waals surface area contributed by atoms with Gasteiger partial charge in [-0.25, -0.2) is 0 Å². The first-order valence-corrected chi connectivity index (χ1v) is 9.20. The molecule has 0 aromatic carbocycles. The van der Waals surface area contributed by atoms with Gasteiger partial charge >= 0.3 is 0 Å². The number of likely N-dealkylation sites (tertiary alicyclic amines) is 1. The minimum atomic E-state index is -0.350. The van der Waals surface area contributed by atoms with Crippen LogP contribution < -0.4 is 5.32 Å². The molecule has 8 heteroatoms. The summed E-state index contributed by atoms with van der Waals surface area (Å²) in [7, 11) is 1.60. The van der Waals surface area contributed by atoms with Crippen LogP contribution >= 0.6 is 11.3 Å². The van der Waals surface area contributed by atoms with Gasteiger partial charge in [-0.2, -0.15) is 0 Å². The van der Waals surface area contributed by atoms with Gasteiger partial charge in [0.1, 0.15) is 5.01 Å². The molecule has 0 aliphatic carbocycles. The smallest absolute Gasteiger partial charge is 0.231 e. The number of hydrogen-bond acceptors (Lipinski definition) is 6. The zero-order chi connectivity index (χ0) is 17.7. The van der Waals surface area contributed by atoms with Crippen LogP contribution in [0.4, 0.5) is 5.13 Å². The van der Waals surface area contributed by atoms with Crippen LogP contribution in [0, 0.1) is 5.92 Å². The molecule has 1 aromatic rings. The maximum absolute atomic E-state index is 12.4. The zero-order valence-electron chi connectivity index (χ0n) is 14.7. The number of nitrogens with one attached hydrogen (secondary N) is 1. The number of nitrogens with zero attached hydrogens (tertiary/aromatic N) is 3. The Morgan fingerprint density at radius 1 is 1.46 bits per heavy atom. The van der Waals surface area contributed by atoms with Crippen LogP contribution in [0.25, 0.3) is 0 Å². The molecule has 1 N–H and O–H groups in total. The average molecular weight is 354 g/mol. The molecule has 2 rings (SSSR count). The van der Waals surface area contributed by atoms with Crippen LogP contribution in [-0.4, -0.2) is 53.2 Å². The predicted octanol–water partition coefficient (Wildman–Crippen LogP) is 2.26. The lowest BCUT2D eigenvalue weighted by Crippen LogP contribution is -2.38.